The summed E-state index contributed by atoms with van der Waals surface area (Å²) in [6.07, 6.45) is 0.924. The number of amides is 1. The number of piperazine rings is 1. The number of hydrogen-bond donors (Lipinski definition) is 5. The van der Waals surface area contributed by atoms with Crippen LogP contribution in [0.3, 0.4) is 0 Å². The lowest BCUT2D eigenvalue weighted by molar-refractivity contribution is -0.0435. The molecule has 7 rings (SSSR count). The number of nitrogens with one attached hydrogen (secondary N) is 3. The molecular formula is C50H58ClF3N6O7S3. The lowest BCUT2D eigenvalue weighted by atomic mass is 9.83. The molecule has 0 spiro atoms. The number of likely N-dealkylation sites (N-methyl/N-ethyl adjacent to an activating group) is 1. The van der Waals surface area contributed by atoms with E-state index in [1.54, 1.807) is 19.2 Å². The predicted molar refractivity (Wildman–Crippen MR) is 269 cm³/mol. The van der Waals surface area contributed by atoms with E-state index in [0.29, 0.717) is 62.3 Å². The Morgan fingerprint density at radius 1 is 0.886 bits per heavy atom. The molecule has 0 radical (unpaired) electrons. The van der Waals surface area contributed by atoms with Gasteiger partial charge >= 0.3 is 5.51 Å². The van der Waals surface area contributed by atoms with Gasteiger partial charge in [-0.2, -0.15) is 13.2 Å². The first-order chi connectivity index (χ1) is 33.4. The fourth-order valence-electron chi connectivity index (χ4n) is 8.69. The number of thioether (sulfide) groups is 1. The summed E-state index contributed by atoms with van der Waals surface area (Å²) in [6, 6.07) is 31.0. The summed E-state index contributed by atoms with van der Waals surface area (Å²) in [5.41, 5.74) is -1.64. The molecule has 2 aliphatic rings. The van der Waals surface area contributed by atoms with E-state index in [-0.39, 0.29) is 18.1 Å². The Bertz CT molecular complexity index is 2760. The number of alkyl halides is 3. The number of aliphatic hydroxyl groups is 2. The number of aliphatic hydroxyl groups excluding tert-OH is 2. The minimum Gasteiger partial charge on any atom is -0.395 e. The molecular weight excluding hydrogens is 985 g/mol. The van der Waals surface area contributed by atoms with Crippen LogP contribution in [0.25, 0.3) is 11.1 Å². The summed E-state index contributed by atoms with van der Waals surface area (Å²) in [5, 5.41) is 28.3. The molecule has 376 valence electrons. The molecule has 0 bridgehead atoms. The number of carbonyl (C=O) groups excluding carboxylic acids is 1. The molecule has 1 amide bonds. The van der Waals surface area contributed by atoms with E-state index in [4.69, 9.17) is 11.6 Å². The summed E-state index contributed by atoms with van der Waals surface area (Å²) < 4.78 is 97.7. The minimum absolute atomic E-state index is 0.0482. The number of piperidine rings is 1. The normalized spacial score (nSPS) is 16.3. The maximum absolute atomic E-state index is 14.2. The van der Waals surface area contributed by atoms with Crippen LogP contribution in [-0.4, -0.2) is 126 Å². The third-order valence-electron chi connectivity index (χ3n) is 12.7. The first-order valence-corrected chi connectivity index (χ1v) is 27.4. The van der Waals surface area contributed by atoms with E-state index < -0.39 is 58.9 Å². The van der Waals surface area contributed by atoms with Crippen LogP contribution in [0.4, 0.5) is 24.5 Å². The summed E-state index contributed by atoms with van der Waals surface area (Å²) in [7, 11) is -9.24. The van der Waals surface area contributed by atoms with Gasteiger partial charge in [0.1, 0.15) is 4.90 Å². The number of anilines is 2. The largest absolute Gasteiger partial charge is 0.501 e. The molecule has 70 heavy (non-hydrogen) atoms. The zero-order valence-corrected chi connectivity index (χ0v) is 41.8. The van der Waals surface area contributed by atoms with Crippen molar-refractivity contribution in [1.82, 2.24) is 19.8 Å². The van der Waals surface area contributed by atoms with Gasteiger partial charge in [-0.3, -0.25) is 9.69 Å². The van der Waals surface area contributed by atoms with E-state index in [2.05, 4.69) is 38.6 Å². The molecule has 0 saturated carbocycles. The number of hydrogen-bond acceptors (Lipinski definition) is 13. The fourth-order valence-corrected chi connectivity index (χ4v) is 11.8. The number of sulfonamides is 1. The van der Waals surface area contributed by atoms with E-state index in [0.717, 1.165) is 77.7 Å². The number of halogens is 4. The van der Waals surface area contributed by atoms with Crippen LogP contribution in [0.1, 0.15) is 46.9 Å². The van der Waals surface area contributed by atoms with E-state index in [9.17, 15) is 45.0 Å². The van der Waals surface area contributed by atoms with Gasteiger partial charge in [-0.25, -0.2) is 21.6 Å². The van der Waals surface area contributed by atoms with Gasteiger partial charge in [0.25, 0.3) is 25.8 Å². The van der Waals surface area contributed by atoms with Gasteiger partial charge in [0.05, 0.1) is 23.3 Å². The van der Waals surface area contributed by atoms with Crippen LogP contribution in [0.15, 0.2) is 130 Å². The third-order valence-corrected chi connectivity index (χ3v) is 16.9. The van der Waals surface area contributed by atoms with Crippen molar-refractivity contribution < 1.29 is 45.0 Å². The van der Waals surface area contributed by atoms with Gasteiger partial charge in [-0.1, -0.05) is 60.1 Å². The average molecular weight is 1040 g/mol. The number of benzene rings is 5. The van der Waals surface area contributed by atoms with E-state index in [1.165, 1.54) is 23.9 Å². The molecule has 2 saturated heterocycles. The topological polar surface area (TPSA) is 172 Å². The zero-order valence-electron chi connectivity index (χ0n) is 38.6. The standard InChI is InChI=1S/C50H58ClF3N6O7S3/c1-58(29-30-61)24-21-40(34-68-42-5-3-2-4-6-42)56-46-18-16-43(32-47(46)69(64,65)50(52,53)54)70(66,67)57-49(63)38-10-14-41(15-11-38)60-25-19-37(20-26-60)48(62)45-31-35(33-59-27-22-55-23-28-59)7-17-44(45)36-8-12-39(51)13-9-36/h2-18,31-32,37,40,48,55-56,61-62H,19-30,33-34H2,1H3,(H,57,63)/t40-,48-/m1/s1. The summed E-state index contributed by atoms with van der Waals surface area (Å²) in [5.74, 6) is -0.817. The zero-order chi connectivity index (χ0) is 50.1. The molecule has 2 heterocycles. The third kappa shape index (κ3) is 13.6. The Morgan fingerprint density at radius 2 is 1.57 bits per heavy atom. The molecule has 2 aliphatic heterocycles. The average Bonchev–Trinajstić information content (AvgIpc) is 3.35. The van der Waals surface area contributed by atoms with Gasteiger partial charge in [0, 0.05) is 85.3 Å². The second-order valence-corrected chi connectivity index (χ2v) is 22.7. The molecule has 13 nitrogen and oxygen atoms in total. The van der Waals surface area contributed by atoms with Gasteiger partial charge in [-0.05, 0) is 128 Å². The van der Waals surface area contributed by atoms with Crippen molar-refractivity contribution in [3.05, 3.63) is 137 Å². The SMILES string of the molecule is CN(CCO)CC[C@H](CSc1ccccc1)Nc1ccc(S(=O)(=O)NC(=O)c2ccc(N3CCC([C@@H](O)c4cc(CN5CCNCC5)ccc4-c4ccc(Cl)cc4)CC3)cc2)cc1S(=O)(=O)C(F)(F)F. The quantitative estimate of drug-likeness (QED) is 0.0482. The lowest BCUT2D eigenvalue weighted by Crippen LogP contribution is -2.42. The van der Waals surface area contributed by atoms with Crippen molar-refractivity contribution >= 4 is 60.5 Å². The van der Waals surface area contributed by atoms with Crippen molar-refractivity contribution in [2.45, 2.75) is 58.1 Å². The summed E-state index contributed by atoms with van der Waals surface area (Å²) >= 11 is 7.61. The van der Waals surface area contributed by atoms with E-state index >= 15 is 0 Å². The predicted octanol–water partition coefficient (Wildman–Crippen LogP) is 7.66. The Balaban J connectivity index is 1.02. The Morgan fingerprint density at radius 3 is 2.23 bits per heavy atom. The van der Waals surface area contributed by atoms with Gasteiger partial charge in [0.2, 0.25) is 0 Å². The highest BCUT2D eigenvalue weighted by Gasteiger charge is 2.48. The van der Waals surface area contributed by atoms with Crippen molar-refractivity contribution in [1.29, 1.82) is 0 Å². The van der Waals surface area contributed by atoms with Crippen LogP contribution in [-0.2, 0) is 26.4 Å². The van der Waals surface area contributed by atoms with Crippen LogP contribution >= 0.6 is 23.4 Å². The molecule has 0 aliphatic carbocycles. The molecule has 20 heteroatoms. The molecule has 2 atom stereocenters. The highest BCUT2D eigenvalue weighted by Crippen LogP contribution is 2.39. The van der Waals surface area contributed by atoms with Crippen LogP contribution in [0, 0.1) is 5.92 Å². The van der Waals surface area contributed by atoms with Crippen molar-refractivity contribution in [3.63, 3.8) is 0 Å². The monoisotopic (exact) mass is 1040 g/mol. The molecule has 2 fully saturated rings. The first kappa shape index (κ1) is 53.1. The number of sulfone groups is 1. The highest BCUT2D eigenvalue weighted by molar-refractivity contribution is 7.99. The highest BCUT2D eigenvalue weighted by atomic mass is 35.5. The number of nitrogens with zero attached hydrogens (tertiary/aromatic N) is 3. The maximum atomic E-state index is 14.2. The van der Waals surface area contributed by atoms with Gasteiger partial charge in [0.15, 0.2) is 0 Å². The van der Waals surface area contributed by atoms with Crippen molar-refractivity contribution in [3.8, 4) is 11.1 Å². The summed E-state index contributed by atoms with van der Waals surface area (Å²) in [6.45, 7) is 6.34. The Kier molecular flexibility index (Phi) is 18.0. The fraction of sp³-hybridized carbons (Fsp3) is 0.380. The van der Waals surface area contributed by atoms with Crippen LogP contribution in [0.2, 0.25) is 5.02 Å². The first-order valence-electron chi connectivity index (χ1n) is 23.0. The smallest absolute Gasteiger partial charge is 0.395 e. The second kappa shape index (κ2) is 23.7. The van der Waals surface area contributed by atoms with E-state index in [1.807, 2.05) is 64.2 Å². The number of carbonyl (C=O) groups is 1. The maximum Gasteiger partial charge on any atom is 0.501 e. The van der Waals surface area contributed by atoms with Crippen LogP contribution < -0.4 is 20.3 Å². The Labute approximate surface area is 417 Å². The molecule has 5 N–H and O–H groups in total. The van der Waals surface area contributed by atoms with Gasteiger partial charge < -0.3 is 30.6 Å². The van der Waals surface area contributed by atoms with Crippen molar-refractivity contribution in [2.75, 3.05) is 82.0 Å². The summed E-state index contributed by atoms with van der Waals surface area (Å²) in [4.78, 5) is 18.4. The van der Waals surface area contributed by atoms with Crippen molar-refractivity contribution in [2.24, 2.45) is 5.92 Å². The molecule has 5 aromatic carbocycles. The van der Waals surface area contributed by atoms with Crippen LogP contribution in [0.5, 0.6) is 0 Å². The van der Waals surface area contributed by atoms with Gasteiger partial charge in [-0.15, -0.1) is 11.8 Å². The minimum atomic E-state index is -6.10. The molecule has 0 unspecified atom stereocenters. The molecule has 0 aromatic heterocycles. The lowest BCUT2D eigenvalue weighted by Gasteiger charge is -2.36. The number of rotatable bonds is 20. The molecule has 5 aromatic rings. The Hall–Kier alpha value is -4.70. The second-order valence-electron chi connectivity index (χ2n) is 17.6.